The minimum Gasteiger partial charge on any atom is -0.496 e. The van der Waals surface area contributed by atoms with Crippen LogP contribution in [0.15, 0.2) is 16.6 Å². The number of likely N-dealkylation sites (tertiary alicyclic amines) is 1. The van der Waals surface area contributed by atoms with Gasteiger partial charge in [0.15, 0.2) is 0 Å². The second-order valence-corrected chi connectivity index (χ2v) is 6.40. The molecule has 1 heterocycles. The molecule has 1 atom stereocenters. The summed E-state index contributed by atoms with van der Waals surface area (Å²) >= 11 is 3.56. The van der Waals surface area contributed by atoms with Crippen LogP contribution < -0.4 is 10.1 Å². The lowest BCUT2D eigenvalue weighted by Crippen LogP contribution is -2.40. The van der Waals surface area contributed by atoms with Crippen molar-refractivity contribution >= 4 is 21.8 Å². The van der Waals surface area contributed by atoms with E-state index in [2.05, 4.69) is 40.0 Å². The van der Waals surface area contributed by atoms with E-state index in [9.17, 15) is 4.79 Å². The lowest BCUT2D eigenvalue weighted by atomic mass is 10.1. The molecule has 0 bridgehead atoms. The summed E-state index contributed by atoms with van der Waals surface area (Å²) < 4.78 is 6.20. The van der Waals surface area contributed by atoms with E-state index in [1.54, 1.807) is 7.11 Å². The van der Waals surface area contributed by atoms with Crippen LogP contribution in [0.25, 0.3) is 0 Å². The molecular formula is C17H25BrN2O2. The van der Waals surface area contributed by atoms with Crippen LogP contribution in [0.2, 0.25) is 0 Å². The number of hydrogen-bond donors (Lipinski definition) is 1. The van der Waals surface area contributed by atoms with Crippen LogP contribution in [0.5, 0.6) is 5.75 Å². The predicted molar refractivity (Wildman–Crippen MR) is 92.7 cm³/mol. The van der Waals surface area contributed by atoms with E-state index >= 15 is 0 Å². The molecule has 5 heteroatoms. The van der Waals surface area contributed by atoms with Crippen LogP contribution in [-0.2, 0) is 6.42 Å². The Morgan fingerprint density at radius 1 is 1.45 bits per heavy atom. The highest BCUT2D eigenvalue weighted by Crippen LogP contribution is 2.30. The van der Waals surface area contributed by atoms with Gasteiger partial charge in [-0.1, -0.05) is 19.9 Å². The van der Waals surface area contributed by atoms with Gasteiger partial charge in [-0.3, -0.25) is 9.69 Å². The Balaban J connectivity index is 2.12. The number of carbonyl (C=O) groups is 1. The van der Waals surface area contributed by atoms with Gasteiger partial charge in [0.25, 0.3) is 5.91 Å². The van der Waals surface area contributed by atoms with Crippen molar-refractivity contribution in [3.8, 4) is 5.75 Å². The number of aryl methyl sites for hydroxylation is 1. The number of methoxy groups -OCH3 is 1. The fourth-order valence-electron chi connectivity index (χ4n) is 3.10. The molecule has 0 unspecified atom stereocenters. The number of amides is 1. The lowest BCUT2D eigenvalue weighted by Gasteiger charge is -2.23. The Bertz CT molecular complexity index is 534. The van der Waals surface area contributed by atoms with Crippen LogP contribution in [0.4, 0.5) is 0 Å². The van der Waals surface area contributed by atoms with E-state index in [4.69, 9.17) is 4.74 Å². The maximum Gasteiger partial charge on any atom is 0.256 e. The van der Waals surface area contributed by atoms with Gasteiger partial charge in [-0.05, 0) is 59.9 Å². The maximum atomic E-state index is 12.6. The second kappa shape index (κ2) is 7.97. The number of nitrogens with zero attached hydrogens (tertiary/aromatic N) is 1. The predicted octanol–water partition coefficient (Wildman–Crippen LogP) is 3.23. The topological polar surface area (TPSA) is 41.6 Å². The molecule has 1 saturated heterocycles. The molecule has 0 radical (unpaired) electrons. The van der Waals surface area contributed by atoms with Crippen LogP contribution in [0.3, 0.4) is 0 Å². The number of likely N-dealkylation sites (N-methyl/N-ethyl adjacent to an activating group) is 1. The summed E-state index contributed by atoms with van der Waals surface area (Å²) in [6.45, 7) is 7.11. The molecule has 4 nitrogen and oxygen atoms in total. The van der Waals surface area contributed by atoms with Gasteiger partial charge in [-0.2, -0.15) is 0 Å². The summed E-state index contributed by atoms with van der Waals surface area (Å²) in [5.41, 5.74) is 1.71. The first-order valence-electron chi connectivity index (χ1n) is 7.99. The fraction of sp³-hybridized carbons (Fsp3) is 0.588. The monoisotopic (exact) mass is 368 g/mol. The fourth-order valence-corrected chi connectivity index (χ4v) is 3.89. The van der Waals surface area contributed by atoms with Crippen molar-refractivity contribution in [3.05, 3.63) is 27.7 Å². The maximum absolute atomic E-state index is 12.6. The molecule has 2 rings (SSSR count). The van der Waals surface area contributed by atoms with Crippen molar-refractivity contribution in [1.82, 2.24) is 10.2 Å². The van der Waals surface area contributed by atoms with E-state index in [1.165, 1.54) is 6.42 Å². The number of ether oxygens (including phenoxy) is 1. The van der Waals surface area contributed by atoms with Crippen molar-refractivity contribution in [1.29, 1.82) is 0 Å². The average molecular weight is 369 g/mol. The highest BCUT2D eigenvalue weighted by Gasteiger charge is 2.25. The van der Waals surface area contributed by atoms with E-state index in [0.717, 1.165) is 36.0 Å². The third-order valence-corrected chi connectivity index (χ3v) is 5.32. The number of carbonyl (C=O) groups excluding carboxylic acids is 1. The summed E-state index contributed by atoms with van der Waals surface area (Å²) in [7, 11) is 1.60. The van der Waals surface area contributed by atoms with Crippen molar-refractivity contribution in [2.45, 2.75) is 39.2 Å². The third kappa shape index (κ3) is 3.63. The van der Waals surface area contributed by atoms with Gasteiger partial charge in [0.05, 0.1) is 12.7 Å². The molecule has 0 spiro atoms. The highest BCUT2D eigenvalue weighted by atomic mass is 79.9. The molecule has 0 saturated carbocycles. The molecule has 1 fully saturated rings. The van der Waals surface area contributed by atoms with Gasteiger partial charge in [0.2, 0.25) is 0 Å². The SMILES string of the molecule is CCc1ccc(OC)c(C(=O)NC[C@@H]2CCCN2CC)c1Br. The number of nitrogens with one attached hydrogen (secondary N) is 1. The minimum atomic E-state index is -0.0676. The molecule has 0 aromatic heterocycles. The number of rotatable bonds is 6. The smallest absolute Gasteiger partial charge is 0.256 e. The molecule has 1 aromatic rings. The van der Waals surface area contributed by atoms with Gasteiger partial charge in [-0.25, -0.2) is 0 Å². The molecule has 0 aliphatic carbocycles. The zero-order valence-corrected chi connectivity index (χ0v) is 15.2. The first kappa shape index (κ1) is 17.3. The molecule has 22 heavy (non-hydrogen) atoms. The molecule has 1 aromatic carbocycles. The van der Waals surface area contributed by atoms with Crippen LogP contribution in [0, 0.1) is 0 Å². The summed E-state index contributed by atoms with van der Waals surface area (Å²) in [5, 5.41) is 3.08. The van der Waals surface area contributed by atoms with Crippen LogP contribution in [-0.4, -0.2) is 43.6 Å². The first-order chi connectivity index (χ1) is 10.6. The molecule has 1 amide bonds. The molecule has 122 valence electrons. The number of hydrogen-bond acceptors (Lipinski definition) is 3. The van der Waals surface area contributed by atoms with Gasteiger partial charge in [0, 0.05) is 17.1 Å². The molecule has 1 aliphatic rings. The van der Waals surface area contributed by atoms with Crippen LogP contribution in [0.1, 0.15) is 42.6 Å². The van der Waals surface area contributed by atoms with Gasteiger partial charge >= 0.3 is 0 Å². The summed E-state index contributed by atoms with van der Waals surface area (Å²) in [5.74, 6) is 0.544. The minimum absolute atomic E-state index is 0.0676. The third-order valence-electron chi connectivity index (χ3n) is 4.42. The number of benzene rings is 1. The van der Waals surface area contributed by atoms with E-state index in [1.807, 2.05) is 12.1 Å². The van der Waals surface area contributed by atoms with Crippen molar-refractivity contribution in [2.75, 3.05) is 26.7 Å². The Labute approximate surface area is 141 Å². The van der Waals surface area contributed by atoms with Gasteiger partial charge in [0.1, 0.15) is 5.75 Å². The Morgan fingerprint density at radius 2 is 2.23 bits per heavy atom. The van der Waals surface area contributed by atoms with E-state index in [-0.39, 0.29) is 5.91 Å². The highest BCUT2D eigenvalue weighted by molar-refractivity contribution is 9.10. The average Bonchev–Trinajstić information content (AvgIpc) is 2.99. The quantitative estimate of drug-likeness (QED) is 0.837. The Hall–Kier alpha value is -1.07. The Morgan fingerprint density at radius 3 is 2.86 bits per heavy atom. The summed E-state index contributed by atoms with van der Waals surface area (Å²) in [4.78, 5) is 15.1. The van der Waals surface area contributed by atoms with Gasteiger partial charge < -0.3 is 10.1 Å². The van der Waals surface area contributed by atoms with E-state index in [0.29, 0.717) is 23.9 Å². The van der Waals surface area contributed by atoms with Crippen molar-refractivity contribution in [3.63, 3.8) is 0 Å². The standard InChI is InChI=1S/C17H25BrN2O2/c1-4-12-8-9-14(22-3)15(16(12)18)17(21)19-11-13-7-6-10-20(13)5-2/h8-9,13H,4-7,10-11H2,1-3H3,(H,19,21)/t13-/m0/s1. The Kier molecular flexibility index (Phi) is 6.26. The summed E-state index contributed by atoms with van der Waals surface area (Å²) in [6.07, 6.45) is 3.24. The normalized spacial score (nSPS) is 18.5. The zero-order chi connectivity index (χ0) is 16.1. The molecule has 1 N–H and O–H groups in total. The van der Waals surface area contributed by atoms with Crippen LogP contribution >= 0.6 is 15.9 Å². The lowest BCUT2D eigenvalue weighted by molar-refractivity contribution is 0.0937. The van der Waals surface area contributed by atoms with Crippen molar-refractivity contribution < 1.29 is 9.53 Å². The summed E-state index contributed by atoms with van der Waals surface area (Å²) in [6, 6.07) is 4.31. The first-order valence-corrected chi connectivity index (χ1v) is 8.79. The second-order valence-electron chi connectivity index (χ2n) is 5.60. The molecule has 1 aliphatic heterocycles. The van der Waals surface area contributed by atoms with Gasteiger partial charge in [-0.15, -0.1) is 0 Å². The largest absolute Gasteiger partial charge is 0.496 e. The van der Waals surface area contributed by atoms with Crippen molar-refractivity contribution in [2.24, 2.45) is 0 Å². The zero-order valence-electron chi connectivity index (χ0n) is 13.6. The number of halogens is 1. The van der Waals surface area contributed by atoms with E-state index < -0.39 is 0 Å². The molecular weight excluding hydrogens is 344 g/mol.